The van der Waals surface area contributed by atoms with E-state index in [-0.39, 0.29) is 0 Å². The van der Waals surface area contributed by atoms with E-state index in [4.69, 9.17) is 12.2 Å². The summed E-state index contributed by atoms with van der Waals surface area (Å²) in [5.41, 5.74) is 1.08. The molecule has 2 unspecified atom stereocenters. The monoisotopic (exact) mass is 275 g/mol. The molecule has 1 aromatic rings. The van der Waals surface area contributed by atoms with E-state index in [0.717, 1.165) is 23.9 Å². The van der Waals surface area contributed by atoms with Crippen LogP contribution in [0.25, 0.3) is 0 Å². The second kappa shape index (κ2) is 5.47. The smallest absolute Gasteiger partial charge is 0.173 e. The fourth-order valence-electron chi connectivity index (χ4n) is 3.19. The number of benzene rings is 1. The molecule has 4 heteroatoms. The second-order valence-corrected chi connectivity index (χ2v) is 5.98. The third kappa shape index (κ3) is 2.74. The van der Waals surface area contributed by atoms with Gasteiger partial charge in [0, 0.05) is 30.9 Å². The Balaban J connectivity index is 1.66. The normalized spacial score (nSPS) is 27.1. The Bertz CT molecular complexity index is 448. The summed E-state index contributed by atoms with van der Waals surface area (Å²) in [6, 6.07) is 11.4. The van der Waals surface area contributed by atoms with Gasteiger partial charge in [-0.1, -0.05) is 18.2 Å². The first-order valence-corrected chi connectivity index (χ1v) is 7.51. The highest BCUT2D eigenvalue weighted by Gasteiger charge is 2.35. The Morgan fingerprint density at radius 2 is 2.05 bits per heavy atom. The lowest BCUT2D eigenvalue weighted by molar-refractivity contribution is 0.111. The predicted molar refractivity (Wildman–Crippen MR) is 83.4 cm³/mol. The van der Waals surface area contributed by atoms with E-state index in [9.17, 15) is 0 Å². The molecule has 2 saturated heterocycles. The Kier molecular flexibility index (Phi) is 3.71. The molecule has 1 N–H and O–H groups in total. The number of rotatable bonds is 1. The van der Waals surface area contributed by atoms with Gasteiger partial charge in [-0.25, -0.2) is 0 Å². The minimum atomic E-state index is 0.498. The van der Waals surface area contributed by atoms with Crippen LogP contribution in [0.5, 0.6) is 0 Å². The molecule has 2 heterocycles. The van der Waals surface area contributed by atoms with Crippen molar-refractivity contribution in [2.75, 3.05) is 25.0 Å². The fraction of sp³-hybridized carbons (Fsp3) is 0.533. The molecule has 0 aliphatic carbocycles. The zero-order valence-corrected chi connectivity index (χ0v) is 12.2. The molecule has 102 valence electrons. The summed E-state index contributed by atoms with van der Waals surface area (Å²) in [5, 5.41) is 4.23. The second-order valence-electron chi connectivity index (χ2n) is 5.59. The molecule has 3 nitrogen and oxygen atoms in total. The Labute approximate surface area is 120 Å². The van der Waals surface area contributed by atoms with Crippen LogP contribution in [0.4, 0.5) is 5.69 Å². The topological polar surface area (TPSA) is 18.5 Å². The van der Waals surface area contributed by atoms with Crippen LogP contribution in [0.3, 0.4) is 0 Å². The highest BCUT2D eigenvalue weighted by atomic mass is 32.1. The maximum Gasteiger partial charge on any atom is 0.173 e. The molecule has 0 radical (unpaired) electrons. The highest BCUT2D eigenvalue weighted by molar-refractivity contribution is 7.80. The zero-order chi connectivity index (χ0) is 13.2. The van der Waals surface area contributed by atoms with Gasteiger partial charge < -0.3 is 10.2 Å². The van der Waals surface area contributed by atoms with Crippen molar-refractivity contribution >= 4 is 23.0 Å². The van der Waals surface area contributed by atoms with Gasteiger partial charge in [-0.15, -0.1) is 0 Å². The van der Waals surface area contributed by atoms with E-state index in [1.165, 1.54) is 19.4 Å². The molecule has 19 heavy (non-hydrogen) atoms. The molecule has 3 rings (SSSR count). The summed E-state index contributed by atoms with van der Waals surface area (Å²) in [6.07, 6.45) is 2.65. The molecule has 0 aromatic heterocycles. The summed E-state index contributed by atoms with van der Waals surface area (Å²) >= 11 is 5.59. The number of hydrogen-bond donors (Lipinski definition) is 1. The summed E-state index contributed by atoms with van der Waals surface area (Å²) in [7, 11) is 0. The lowest BCUT2D eigenvalue weighted by Crippen LogP contribution is -2.57. The number of nitrogens with zero attached hydrogens (tertiary/aromatic N) is 2. The number of fused-ring (bicyclic) bond motifs is 1. The molecule has 2 aliphatic rings. The van der Waals surface area contributed by atoms with Gasteiger partial charge in [0.15, 0.2) is 5.11 Å². The Morgan fingerprint density at radius 1 is 1.26 bits per heavy atom. The van der Waals surface area contributed by atoms with Gasteiger partial charge in [-0.3, -0.25) is 4.90 Å². The van der Waals surface area contributed by atoms with Crippen molar-refractivity contribution in [1.29, 1.82) is 0 Å². The van der Waals surface area contributed by atoms with Gasteiger partial charge in [-0.05, 0) is 50.7 Å². The van der Waals surface area contributed by atoms with Gasteiger partial charge in [-0.2, -0.15) is 0 Å². The molecule has 1 aromatic carbocycles. The van der Waals surface area contributed by atoms with Gasteiger partial charge in [0.25, 0.3) is 0 Å². The number of anilines is 1. The first-order chi connectivity index (χ1) is 9.24. The lowest BCUT2D eigenvalue weighted by atomic mass is 10.1. The molecule has 2 atom stereocenters. The van der Waals surface area contributed by atoms with Crippen molar-refractivity contribution in [3.8, 4) is 0 Å². The Hall–Kier alpha value is -1.13. The van der Waals surface area contributed by atoms with Crippen LogP contribution >= 0.6 is 12.2 Å². The maximum atomic E-state index is 5.59. The van der Waals surface area contributed by atoms with Crippen molar-refractivity contribution < 1.29 is 0 Å². The summed E-state index contributed by atoms with van der Waals surface area (Å²) in [6.45, 7) is 5.75. The van der Waals surface area contributed by atoms with Crippen LogP contribution in [0.15, 0.2) is 30.3 Å². The van der Waals surface area contributed by atoms with Crippen LogP contribution in [0.2, 0.25) is 0 Å². The van der Waals surface area contributed by atoms with Gasteiger partial charge in [0.05, 0.1) is 0 Å². The van der Waals surface area contributed by atoms with Crippen LogP contribution in [-0.2, 0) is 0 Å². The average Bonchev–Trinajstić information content (AvgIpc) is 2.86. The van der Waals surface area contributed by atoms with Gasteiger partial charge in [0.1, 0.15) is 0 Å². The molecule has 2 aliphatic heterocycles. The number of piperazine rings is 1. The largest absolute Gasteiger partial charge is 0.343 e. The Morgan fingerprint density at radius 3 is 2.84 bits per heavy atom. The summed E-state index contributed by atoms with van der Waals surface area (Å²) < 4.78 is 0. The van der Waals surface area contributed by atoms with Gasteiger partial charge >= 0.3 is 0 Å². The summed E-state index contributed by atoms with van der Waals surface area (Å²) in [4.78, 5) is 4.97. The van der Waals surface area contributed by atoms with Crippen LogP contribution in [0.1, 0.15) is 19.8 Å². The maximum absolute atomic E-state index is 5.59. The molecule has 2 fully saturated rings. The van der Waals surface area contributed by atoms with E-state index < -0.39 is 0 Å². The number of nitrogens with one attached hydrogen (secondary N) is 1. The molecular weight excluding hydrogens is 254 g/mol. The molecule has 0 saturated carbocycles. The standard InChI is InChI=1S/C15H21N3S/c1-12-10-17-9-5-8-14(17)11-18(12)15(19)16-13-6-3-2-4-7-13/h2-4,6-7,12,14H,5,8-11H2,1H3,(H,16,19). The van der Waals surface area contributed by atoms with E-state index in [1.54, 1.807) is 0 Å². The number of thiocarbonyl (C=S) groups is 1. The van der Waals surface area contributed by atoms with E-state index >= 15 is 0 Å². The SMILES string of the molecule is CC1CN2CCCC2CN1C(=S)Nc1ccccc1. The highest BCUT2D eigenvalue weighted by Crippen LogP contribution is 2.25. The minimum absolute atomic E-state index is 0.498. The van der Waals surface area contributed by atoms with Crippen molar-refractivity contribution in [3.63, 3.8) is 0 Å². The molecule has 0 amide bonds. The zero-order valence-electron chi connectivity index (χ0n) is 11.4. The number of hydrogen-bond acceptors (Lipinski definition) is 2. The van der Waals surface area contributed by atoms with Crippen molar-refractivity contribution in [2.24, 2.45) is 0 Å². The van der Waals surface area contributed by atoms with Crippen LogP contribution < -0.4 is 5.32 Å². The fourth-order valence-corrected chi connectivity index (χ4v) is 3.56. The molecule has 0 spiro atoms. The van der Waals surface area contributed by atoms with Crippen molar-refractivity contribution in [3.05, 3.63) is 30.3 Å². The predicted octanol–water partition coefficient (Wildman–Crippen LogP) is 2.55. The summed E-state index contributed by atoms with van der Waals surface area (Å²) in [5.74, 6) is 0. The molecule has 0 bridgehead atoms. The van der Waals surface area contributed by atoms with Crippen LogP contribution in [-0.4, -0.2) is 46.6 Å². The number of para-hydroxylation sites is 1. The first kappa shape index (κ1) is 12.9. The van der Waals surface area contributed by atoms with E-state index in [2.05, 4.69) is 34.2 Å². The van der Waals surface area contributed by atoms with Gasteiger partial charge in [0.2, 0.25) is 0 Å². The third-order valence-electron chi connectivity index (χ3n) is 4.22. The van der Waals surface area contributed by atoms with Crippen LogP contribution in [0, 0.1) is 0 Å². The minimum Gasteiger partial charge on any atom is -0.343 e. The first-order valence-electron chi connectivity index (χ1n) is 7.11. The molecular formula is C15H21N3S. The van der Waals surface area contributed by atoms with Crippen molar-refractivity contribution in [1.82, 2.24) is 9.80 Å². The van der Waals surface area contributed by atoms with E-state index in [0.29, 0.717) is 12.1 Å². The van der Waals surface area contributed by atoms with E-state index in [1.807, 2.05) is 18.2 Å². The van der Waals surface area contributed by atoms with Crippen molar-refractivity contribution in [2.45, 2.75) is 31.8 Å². The quantitative estimate of drug-likeness (QED) is 0.794. The third-order valence-corrected chi connectivity index (χ3v) is 4.56. The lowest BCUT2D eigenvalue weighted by Gasteiger charge is -2.43. The average molecular weight is 275 g/mol.